The van der Waals surface area contributed by atoms with Crippen LogP contribution in [0.25, 0.3) is 17.4 Å². The molecule has 3 aromatic rings. The van der Waals surface area contributed by atoms with Crippen LogP contribution in [-0.4, -0.2) is 17.4 Å². The van der Waals surface area contributed by atoms with E-state index < -0.39 is 10.8 Å². The molecule has 0 atom stereocenters. The summed E-state index contributed by atoms with van der Waals surface area (Å²) in [6.07, 6.45) is 1.26. The van der Waals surface area contributed by atoms with Gasteiger partial charge in [-0.25, -0.2) is 0 Å². The van der Waals surface area contributed by atoms with Gasteiger partial charge in [0.15, 0.2) is 0 Å². The van der Waals surface area contributed by atoms with Crippen LogP contribution in [0.3, 0.4) is 0 Å². The predicted octanol–water partition coefficient (Wildman–Crippen LogP) is 5.45. The molecule has 1 N–H and O–H groups in total. The van der Waals surface area contributed by atoms with Crippen LogP contribution in [0.2, 0.25) is 5.02 Å². The Kier molecular flexibility index (Phi) is 6.70. The number of nitrogens with one attached hydrogen (secondary N) is 1. The maximum absolute atomic E-state index is 12.4. The second-order valence-electron chi connectivity index (χ2n) is 6.20. The molecule has 156 valence electrons. The number of nitro benzene ring substituents is 1. The molecule has 2 aromatic carbocycles. The van der Waals surface area contributed by atoms with E-state index in [0.29, 0.717) is 18.0 Å². The summed E-state index contributed by atoms with van der Waals surface area (Å²) in [5.74, 6) is 0.439. The molecule has 9 heteroatoms. The van der Waals surface area contributed by atoms with Crippen LogP contribution in [0.5, 0.6) is 5.75 Å². The lowest BCUT2D eigenvalue weighted by Crippen LogP contribution is -2.13. The van der Waals surface area contributed by atoms with Gasteiger partial charge in [0, 0.05) is 22.9 Å². The molecule has 1 aromatic heterocycles. The summed E-state index contributed by atoms with van der Waals surface area (Å²) >= 11 is 5.83. The molecular weight excluding hydrogens is 422 g/mol. The van der Waals surface area contributed by atoms with Crippen LogP contribution >= 0.6 is 11.6 Å². The lowest BCUT2D eigenvalue weighted by Gasteiger charge is -2.06. The molecule has 0 radical (unpaired) electrons. The van der Waals surface area contributed by atoms with Gasteiger partial charge in [-0.15, -0.1) is 0 Å². The first-order valence-corrected chi connectivity index (χ1v) is 9.49. The van der Waals surface area contributed by atoms with Crippen LogP contribution < -0.4 is 10.1 Å². The fraction of sp³-hybridized carbons (Fsp3) is 0.0909. The number of anilines is 1. The number of furan rings is 1. The number of nitro groups is 1. The summed E-state index contributed by atoms with van der Waals surface area (Å²) in [5.41, 5.74) is 0.310. The van der Waals surface area contributed by atoms with Gasteiger partial charge in [-0.3, -0.25) is 14.9 Å². The van der Waals surface area contributed by atoms with E-state index in [1.807, 2.05) is 13.0 Å². The minimum atomic E-state index is -0.623. The van der Waals surface area contributed by atoms with E-state index in [-0.39, 0.29) is 33.4 Å². The van der Waals surface area contributed by atoms with E-state index in [1.165, 1.54) is 36.4 Å². The number of carbonyl (C=O) groups excluding carboxylic acids is 1. The van der Waals surface area contributed by atoms with Crippen molar-refractivity contribution in [2.75, 3.05) is 11.9 Å². The van der Waals surface area contributed by atoms with Crippen molar-refractivity contribution in [2.24, 2.45) is 0 Å². The minimum Gasteiger partial charge on any atom is -0.494 e. The molecule has 31 heavy (non-hydrogen) atoms. The van der Waals surface area contributed by atoms with Crippen molar-refractivity contribution in [3.05, 3.63) is 81.1 Å². The number of hydrogen-bond donors (Lipinski definition) is 1. The molecule has 8 nitrogen and oxygen atoms in total. The van der Waals surface area contributed by atoms with Crippen LogP contribution in [-0.2, 0) is 4.79 Å². The number of ether oxygens (including phenoxy) is 1. The highest BCUT2D eigenvalue weighted by molar-refractivity contribution is 6.30. The molecule has 0 bridgehead atoms. The molecule has 1 amide bonds. The Balaban J connectivity index is 1.81. The third-order valence-electron chi connectivity index (χ3n) is 4.12. The van der Waals surface area contributed by atoms with E-state index >= 15 is 0 Å². The molecule has 0 aliphatic carbocycles. The lowest BCUT2D eigenvalue weighted by molar-refractivity contribution is -0.384. The van der Waals surface area contributed by atoms with E-state index in [1.54, 1.807) is 24.3 Å². The number of carbonyl (C=O) groups is 1. The summed E-state index contributed by atoms with van der Waals surface area (Å²) in [7, 11) is 0. The van der Waals surface area contributed by atoms with Gasteiger partial charge >= 0.3 is 0 Å². The first-order valence-electron chi connectivity index (χ1n) is 9.11. The highest BCUT2D eigenvalue weighted by atomic mass is 35.5. The highest BCUT2D eigenvalue weighted by Gasteiger charge is 2.19. The summed E-state index contributed by atoms with van der Waals surface area (Å²) in [5, 5.41) is 23.5. The largest absolute Gasteiger partial charge is 0.494 e. The van der Waals surface area contributed by atoms with Gasteiger partial charge in [0.05, 0.1) is 17.1 Å². The van der Waals surface area contributed by atoms with Gasteiger partial charge in [-0.1, -0.05) is 11.6 Å². The number of nitrogens with zero attached hydrogens (tertiary/aromatic N) is 2. The standard InChI is InChI=1S/C22H16ClN3O5/c1-2-30-17-6-4-16(5-7-17)25-22(27)14(13-24)11-18-8-10-21(31-18)19-9-3-15(23)12-20(19)26(28)29/h3-12H,2H2,1H3,(H,25,27)/b14-11+. The molecule has 0 spiro atoms. The maximum Gasteiger partial charge on any atom is 0.281 e. The fourth-order valence-electron chi connectivity index (χ4n) is 2.73. The molecule has 1 heterocycles. The van der Waals surface area contributed by atoms with Gasteiger partial charge in [0.1, 0.15) is 28.9 Å². The van der Waals surface area contributed by atoms with Gasteiger partial charge in [0.25, 0.3) is 11.6 Å². The Bertz CT molecular complexity index is 1190. The summed E-state index contributed by atoms with van der Waals surface area (Å²) < 4.78 is 10.9. The first-order chi connectivity index (χ1) is 14.9. The van der Waals surface area contributed by atoms with E-state index in [2.05, 4.69) is 5.32 Å². The van der Waals surface area contributed by atoms with Crippen molar-refractivity contribution in [3.8, 4) is 23.1 Å². The van der Waals surface area contributed by atoms with E-state index in [4.69, 9.17) is 20.8 Å². The second kappa shape index (κ2) is 9.61. The van der Waals surface area contributed by atoms with E-state index in [9.17, 15) is 20.2 Å². The van der Waals surface area contributed by atoms with Gasteiger partial charge in [-0.2, -0.15) is 5.26 Å². The zero-order valence-corrected chi connectivity index (χ0v) is 17.1. The normalized spacial score (nSPS) is 10.9. The second-order valence-corrected chi connectivity index (χ2v) is 6.64. The lowest BCUT2D eigenvalue weighted by atomic mass is 10.1. The molecule has 0 saturated heterocycles. The number of benzene rings is 2. The van der Waals surface area contributed by atoms with Crippen LogP contribution in [0.1, 0.15) is 12.7 Å². The van der Waals surface area contributed by atoms with Crippen LogP contribution in [0.15, 0.2) is 64.6 Å². The highest BCUT2D eigenvalue weighted by Crippen LogP contribution is 2.33. The Morgan fingerprint density at radius 1 is 1.26 bits per heavy atom. The molecule has 0 aliphatic rings. The number of hydrogen-bond acceptors (Lipinski definition) is 6. The molecular formula is C22H16ClN3O5. The zero-order valence-electron chi connectivity index (χ0n) is 16.3. The van der Waals surface area contributed by atoms with Crippen LogP contribution in [0.4, 0.5) is 11.4 Å². The average molecular weight is 438 g/mol. The van der Waals surface area contributed by atoms with Crippen molar-refractivity contribution in [1.82, 2.24) is 0 Å². The molecule has 0 saturated carbocycles. The fourth-order valence-corrected chi connectivity index (χ4v) is 2.90. The Hall–Kier alpha value is -4.09. The third kappa shape index (κ3) is 5.29. The SMILES string of the molecule is CCOc1ccc(NC(=O)/C(C#N)=C/c2ccc(-c3ccc(Cl)cc3[N+](=O)[O-])o2)cc1. The molecule has 0 fully saturated rings. The van der Waals surface area contributed by atoms with Gasteiger partial charge in [-0.05, 0) is 55.5 Å². The topological polar surface area (TPSA) is 118 Å². The molecule has 0 unspecified atom stereocenters. The number of rotatable bonds is 7. The van der Waals surface area contributed by atoms with Crippen molar-refractivity contribution in [3.63, 3.8) is 0 Å². The van der Waals surface area contributed by atoms with Crippen molar-refractivity contribution in [1.29, 1.82) is 5.26 Å². The number of nitriles is 1. The zero-order chi connectivity index (χ0) is 22.4. The quantitative estimate of drug-likeness (QED) is 0.227. The third-order valence-corrected chi connectivity index (χ3v) is 4.36. The first kappa shape index (κ1) is 21.6. The summed E-state index contributed by atoms with van der Waals surface area (Å²) in [6.45, 7) is 2.39. The molecule has 3 rings (SSSR count). The van der Waals surface area contributed by atoms with Crippen molar-refractivity contribution in [2.45, 2.75) is 6.92 Å². The van der Waals surface area contributed by atoms with Gasteiger partial charge < -0.3 is 14.5 Å². The number of halogens is 1. The summed E-state index contributed by atoms with van der Waals surface area (Å²) in [6, 6.07) is 15.8. The van der Waals surface area contributed by atoms with Crippen LogP contribution in [0, 0.1) is 21.4 Å². The summed E-state index contributed by atoms with van der Waals surface area (Å²) in [4.78, 5) is 23.2. The minimum absolute atomic E-state index is 0.192. The monoisotopic (exact) mass is 437 g/mol. The van der Waals surface area contributed by atoms with Gasteiger partial charge in [0.2, 0.25) is 0 Å². The van der Waals surface area contributed by atoms with Crippen molar-refractivity contribution < 1.29 is 18.9 Å². The Morgan fingerprint density at radius 2 is 2.00 bits per heavy atom. The number of amides is 1. The average Bonchev–Trinajstić information content (AvgIpc) is 3.22. The van der Waals surface area contributed by atoms with Crippen molar-refractivity contribution >= 4 is 35.0 Å². The predicted molar refractivity (Wildman–Crippen MR) is 116 cm³/mol. The Labute approximate surface area is 182 Å². The smallest absolute Gasteiger partial charge is 0.281 e. The molecule has 0 aliphatic heterocycles. The van der Waals surface area contributed by atoms with E-state index in [0.717, 1.165) is 0 Å². The Morgan fingerprint density at radius 3 is 2.65 bits per heavy atom. The maximum atomic E-state index is 12.4.